The van der Waals surface area contributed by atoms with Crippen molar-refractivity contribution in [2.24, 2.45) is 11.8 Å². The molecule has 3 rings (SSSR count). The van der Waals surface area contributed by atoms with E-state index in [1.165, 1.54) is 64.2 Å². The van der Waals surface area contributed by atoms with E-state index in [-0.39, 0.29) is 23.2 Å². The third kappa shape index (κ3) is 4.97. The largest absolute Gasteiger partial charge is 0.507 e. The summed E-state index contributed by atoms with van der Waals surface area (Å²) >= 11 is 0. The van der Waals surface area contributed by atoms with Crippen LogP contribution in [-0.4, -0.2) is 5.11 Å². The van der Waals surface area contributed by atoms with E-state index in [9.17, 15) is 9.90 Å². The Morgan fingerprint density at radius 2 is 1.63 bits per heavy atom. The third-order valence-corrected chi connectivity index (χ3v) is 7.25. The maximum atomic E-state index is 12.9. The fourth-order valence-electron chi connectivity index (χ4n) is 5.67. The van der Waals surface area contributed by atoms with Crippen molar-refractivity contribution in [2.75, 3.05) is 0 Å². The highest BCUT2D eigenvalue weighted by Gasteiger charge is 2.30. The summed E-state index contributed by atoms with van der Waals surface area (Å²) in [6.07, 6.45) is 15.6. The van der Waals surface area contributed by atoms with E-state index in [0.717, 1.165) is 25.2 Å². The van der Waals surface area contributed by atoms with Gasteiger partial charge in [-0.2, -0.15) is 0 Å². The molecular formula is C24H38O3. The topological polar surface area (TPSA) is 50.4 Å². The Balaban J connectivity index is 1.81. The second-order valence-electron chi connectivity index (χ2n) is 8.99. The van der Waals surface area contributed by atoms with Crippen molar-refractivity contribution >= 4 is 0 Å². The Morgan fingerprint density at radius 1 is 1.00 bits per heavy atom. The zero-order valence-electron chi connectivity index (χ0n) is 17.3. The smallest absolute Gasteiger partial charge is 0.343 e. The zero-order valence-corrected chi connectivity index (χ0v) is 17.3. The van der Waals surface area contributed by atoms with Crippen molar-refractivity contribution in [2.45, 2.75) is 109 Å². The monoisotopic (exact) mass is 374 g/mol. The Hall–Kier alpha value is -1.25. The molecule has 0 aliphatic heterocycles. The first kappa shape index (κ1) is 20.5. The van der Waals surface area contributed by atoms with Crippen molar-refractivity contribution in [3.63, 3.8) is 0 Å². The van der Waals surface area contributed by atoms with E-state index in [1.807, 2.05) is 0 Å². The van der Waals surface area contributed by atoms with Crippen molar-refractivity contribution in [3.05, 3.63) is 27.8 Å². The summed E-state index contributed by atoms with van der Waals surface area (Å²) in [5, 5.41) is 10.8. The van der Waals surface area contributed by atoms with Gasteiger partial charge in [0, 0.05) is 12.0 Å². The van der Waals surface area contributed by atoms with E-state index >= 15 is 0 Å². The molecule has 3 heteroatoms. The maximum Gasteiger partial charge on any atom is 0.343 e. The van der Waals surface area contributed by atoms with Gasteiger partial charge in [0.25, 0.3) is 0 Å². The first-order valence-corrected chi connectivity index (χ1v) is 11.5. The summed E-state index contributed by atoms with van der Waals surface area (Å²) < 4.78 is 5.84. The summed E-state index contributed by atoms with van der Waals surface area (Å²) in [6.45, 7) is 4.29. The normalized spacial score (nSPS) is 21.9. The van der Waals surface area contributed by atoms with E-state index in [2.05, 4.69) is 13.8 Å². The molecule has 1 aromatic heterocycles. The number of hydrogen-bond acceptors (Lipinski definition) is 3. The number of rotatable bonds is 7. The lowest BCUT2D eigenvalue weighted by Crippen LogP contribution is -2.22. The highest BCUT2D eigenvalue weighted by molar-refractivity contribution is 5.34. The van der Waals surface area contributed by atoms with Crippen LogP contribution >= 0.6 is 0 Å². The molecule has 1 N–H and O–H groups in total. The summed E-state index contributed by atoms with van der Waals surface area (Å²) in [6, 6.07) is 1.78. The van der Waals surface area contributed by atoms with Gasteiger partial charge in [-0.15, -0.1) is 0 Å². The highest BCUT2D eigenvalue weighted by atomic mass is 16.4. The third-order valence-electron chi connectivity index (χ3n) is 7.25. The van der Waals surface area contributed by atoms with Crippen LogP contribution in [0.3, 0.4) is 0 Å². The molecule has 2 aliphatic rings. The average molecular weight is 375 g/mol. The van der Waals surface area contributed by atoms with Crippen LogP contribution < -0.4 is 5.63 Å². The zero-order chi connectivity index (χ0) is 19.2. The van der Waals surface area contributed by atoms with Gasteiger partial charge >= 0.3 is 5.63 Å². The molecule has 2 saturated carbocycles. The molecule has 2 fully saturated rings. The van der Waals surface area contributed by atoms with Gasteiger partial charge in [-0.25, -0.2) is 4.79 Å². The second kappa shape index (κ2) is 9.80. The Bertz CT molecular complexity index is 636. The van der Waals surface area contributed by atoms with Crippen LogP contribution in [-0.2, 0) is 0 Å². The summed E-state index contributed by atoms with van der Waals surface area (Å²) in [4.78, 5) is 12.9. The number of hydrogen-bond donors (Lipinski definition) is 1. The first-order chi connectivity index (χ1) is 13.1. The molecule has 2 aliphatic carbocycles. The number of aromatic hydroxyl groups is 1. The Labute approximate surface area is 164 Å². The van der Waals surface area contributed by atoms with Crippen LogP contribution in [0.5, 0.6) is 5.75 Å². The molecule has 0 radical (unpaired) electrons. The lowest BCUT2D eigenvalue weighted by atomic mass is 9.75. The Morgan fingerprint density at radius 3 is 2.19 bits per heavy atom. The fourth-order valence-corrected chi connectivity index (χ4v) is 5.67. The van der Waals surface area contributed by atoms with E-state index in [4.69, 9.17) is 4.42 Å². The van der Waals surface area contributed by atoms with Crippen LogP contribution in [0.25, 0.3) is 0 Å². The van der Waals surface area contributed by atoms with Crippen molar-refractivity contribution < 1.29 is 9.52 Å². The lowest BCUT2D eigenvalue weighted by Gasteiger charge is -2.30. The van der Waals surface area contributed by atoms with Gasteiger partial charge in [-0.1, -0.05) is 65.2 Å². The molecule has 1 unspecified atom stereocenters. The average Bonchev–Trinajstić information content (AvgIpc) is 2.70. The molecule has 1 aromatic rings. The fraction of sp³-hybridized carbons (Fsp3) is 0.792. The van der Waals surface area contributed by atoms with E-state index in [0.29, 0.717) is 17.2 Å². The minimum atomic E-state index is -0.287. The standard InChI is InChI=1S/C24H38O3/c1-3-18(15-17-11-7-5-8-12-17)22-16-21(25)23(24(26)27-22)20(4-2)19-13-9-6-10-14-19/h16-20,25H,3-15H2,1-2H3/t18-,20?/m1/s1. The van der Waals surface area contributed by atoms with Gasteiger partial charge in [0.2, 0.25) is 0 Å². The highest BCUT2D eigenvalue weighted by Crippen LogP contribution is 2.41. The van der Waals surface area contributed by atoms with Crippen LogP contribution in [0.4, 0.5) is 0 Å². The predicted octanol–water partition coefficient (Wildman–Crippen LogP) is 6.88. The van der Waals surface area contributed by atoms with Crippen molar-refractivity contribution in [1.29, 1.82) is 0 Å². The van der Waals surface area contributed by atoms with Crippen LogP contribution in [0, 0.1) is 11.8 Å². The van der Waals surface area contributed by atoms with Crippen LogP contribution in [0.1, 0.15) is 120 Å². The van der Waals surface area contributed by atoms with Crippen molar-refractivity contribution in [1.82, 2.24) is 0 Å². The minimum Gasteiger partial charge on any atom is -0.507 e. The minimum absolute atomic E-state index is 0.133. The summed E-state index contributed by atoms with van der Waals surface area (Å²) in [5.74, 6) is 2.51. The van der Waals surface area contributed by atoms with Gasteiger partial charge in [-0.05, 0) is 49.9 Å². The molecule has 0 saturated heterocycles. The molecule has 0 aromatic carbocycles. The molecule has 0 bridgehead atoms. The molecule has 3 nitrogen and oxygen atoms in total. The van der Waals surface area contributed by atoms with E-state index in [1.54, 1.807) is 6.07 Å². The quantitative estimate of drug-likeness (QED) is 0.565. The second-order valence-corrected chi connectivity index (χ2v) is 8.99. The molecule has 2 atom stereocenters. The predicted molar refractivity (Wildman–Crippen MR) is 110 cm³/mol. The van der Waals surface area contributed by atoms with Gasteiger partial charge in [-0.3, -0.25) is 0 Å². The van der Waals surface area contributed by atoms with Crippen molar-refractivity contribution in [3.8, 4) is 5.75 Å². The Kier molecular flexibility index (Phi) is 7.43. The summed E-state index contributed by atoms with van der Waals surface area (Å²) in [7, 11) is 0. The molecule has 1 heterocycles. The molecular weight excluding hydrogens is 336 g/mol. The van der Waals surface area contributed by atoms with Gasteiger partial charge < -0.3 is 9.52 Å². The SMILES string of the molecule is CCC(c1c(O)cc([C@H](CC)CC2CCCCC2)oc1=O)C1CCCCC1. The van der Waals surface area contributed by atoms with Gasteiger partial charge in [0.15, 0.2) is 0 Å². The molecule has 0 spiro atoms. The van der Waals surface area contributed by atoms with Crippen LogP contribution in [0.2, 0.25) is 0 Å². The molecule has 0 amide bonds. The lowest BCUT2D eigenvalue weighted by molar-refractivity contribution is 0.274. The molecule has 152 valence electrons. The first-order valence-electron chi connectivity index (χ1n) is 11.5. The molecule has 27 heavy (non-hydrogen) atoms. The van der Waals surface area contributed by atoms with Gasteiger partial charge in [0.1, 0.15) is 11.5 Å². The van der Waals surface area contributed by atoms with Gasteiger partial charge in [0.05, 0.1) is 5.56 Å². The summed E-state index contributed by atoms with van der Waals surface area (Å²) in [5.41, 5.74) is 0.255. The van der Waals surface area contributed by atoms with E-state index < -0.39 is 0 Å². The van der Waals surface area contributed by atoms with Crippen LogP contribution in [0.15, 0.2) is 15.3 Å². The maximum absolute atomic E-state index is 12.9.